The summed E-state index contributed by atoms with van der Waals surface area (Å²) in [5.74, 6) is -0.252. The van der Waals surface area contributed by atoms with E-state index in [0.29, 0.717) is 5.56 Å². The standard InChI is InChI=1S/C21H20N2O2/c1-15(22-21(25)19-12-13-23(2)20(24)14-19)16-8-10-18(11-9-16)17-6-4-3-5-7-17/h3-15H,1-2H3,(H,22,25). The van der Waals surface area contributed by atoms with Gasteiger partial charge in [-0.3, -0.25) is 9.59 Å². The van der Waals surface area contributed by atoms with Crippen LogP contribution in [0.3, 0.4) is 0 Å². The summed E-state index contributed by atoms with van der Waals surface area (Å²) >= 11 is 0. The molecule has 3 rings (SSSR count). The lowest BCUT2D eigenvalue weighted by Crippen LogP contribution is -2.28. The van der Waals surface area contributed by atoms with Gasteiger partial charge in [0.2, 0.25) is 0 Å². The van der Waals surface area contributed by atoms with Crippen molar-refractivity contribution in [3.63, 3.8) is 0 Å². The molecule has 0 aliphatic rings. The van der Waals surface area contributed by atoms with Gasteiger partial charge in [-0.05, 0) is 29.7 Å². The monoisotopic (exact) mass is 332 g/mol. The van der Waals surface area contributed by atoms with Crippen LogP contribution in [-0.2, 0) is 7.05 Å². The zero-order chi connectivity index (χ0) is 17.8. The van der Waals surface area contributed by atoms with Gasteiger partial charge in [-0.2, -0.15) is 0 Å². The van der Waals surface area contributed by atoms with E-state index in [1.54, 1.807) is 19.3 Å². The fraction of sp³-hybridized carbons (Fsp3) is 0.143. The highest BCUT2D eigenvalue weighted by Crippen LogP contribution is 2.21. The Morgan fingerprint density at radius 1 is 0.960 bits per heavy atom. The van der Waals surface area contributed by atoms with E-state index in [9.17, 15) is 9.59 Å². The maximum absolute atomic E-state index is 12.3. The molecule has 0 spiro atoms. The predicted molar refractivity (Wildman–Crippen MR) is 99.4 cm³/mol. The summed E-state index contributed by atoms with van der Waals surface area (Å²) in [6.07, 6.45) is 1.59. The van der Waals surface area contributed by atoms with Gasteiger partial charge in [0.15, 0.2) is 0 Å². The smallest absolute Gasteiger partial charge is 0.252 e. The summed E-state index contributed by atoms with van der Waals surface area (Å²) in [6, 6.07) is 21.1. The van der Waals surface area contributed by atoms with Gasteiger partial charge in [-0.25, -0.2) is 0 Å². The quantitative estimate of drug-likeness (QED) is 0.794. The Kier molecular flexibility index (Phi) is 4.80. The first-order valence-corrected chi connectivity index (χ1v) is 8.17. The first-order chi connectivity index (χ1) is 12.0. The van der Waals surface area contributed by atoms with Crippen molar-refractivity contribution in [2.75, 3.05) is 0 Å². The summed E-state index contributed by atoms with van der Waals surface area (Å²) in [5, 5.41) is 2.93. The van der Waals surface area contributed by atoms with Crippen LogP contribution in [0.4, 0.5) is 0 Å². The molecule has 0 aliphatic carbocycles. The van der Waals surface area contributed by atoms with E-state index in [1.165, 1.54) is 10.6 Å². The van der Waals surface area contributed by atoms with Crippen LogP contribution in [0.25, 0.3) is 11.1 Å². The Hall–Kier alpha value is -3.14. The molecule has 1 unspecified atom stereocenters. The van der Waals surface area contributed by atoms with Crippen molar-refractivity contribution < 1.29 is 4.79 Å². The van der Waals surface area contributed by atoms with E-state index in [2.05, 4.69) is 17.4 Å². The number of benzene rings is 2. The molecule has 0 saturated carbocycles. The molecular weight excluding hydrogens is 312 g/mol. The second kappa shape index (κ2) is 7.18. The van der Waals surface area contributed by atoms with Crippen molar-refractivity contribution in [2.45, 2.75) is 13.0 Å². The fourth-order valence-electron chi connectivity index (χ4n) is 2.65. The van der Waals surface area contributed by atoms with Gasteiger partial charge in [0.1, 0.15) is 0 Å². The van der Waals surface area contributed by atoms with E-state index in [0.717, 1.165) is 16.7 Å². The third-order valence-corrected chi connectivity index (χ3v) is 4.23. The number of carbonyl (C=O) groups excluding carboxylic acids is 1. The number of amides is 1. The summed E-state index contributed by atoms with van der Waals surface area (Å²) in [5.41, 5.74) is 3.47. The Morgan fingerprint density at radius 3 is 2.24 bits per heavy atom. The minimum atomic E-state index is -0.252. The average molecular weight is 332 g/mol. The van der Waals surface area contributed by atoms with E-state index in [1.807, 2.05) is 49.4 Å². The lowest BCUT2D eigenvalue weighted by molar-refractivity contribution is 0.0939. The third-order valence-electron chi connectivity index (χ3n) is 4.23. The minimum Gasteiger partial charge on any atom is -0.346 e. The van der Waals surface area contributed by atoms with Gasteiger partial charge in [0.05, 0.1) is 6.04 Å². The average Bonchev–Trinajstić information content (AvgIpc) is 2.64. The van der Waals surface area contributed by atoms with Crippen molar-refractivity contribution in [1.29, 1.82) is 0 Å². The molecule has 1 heterocycles. The molecule has 0 radical (unpaired) electrons. The topological polar surface area (TPSA) is 51.1 Å². The molecule has 3 aromatic rings. The van der Waals surface area contributed by atoms with E-state index in [4.69, 9.17) is 0 Å². The molecule has 0 fully saturated rings. The van der Waals surface area contributed by atoms with Crippen molar-refractivity contribution in [3.8, 4) is 11.1 Å². The summed E-state index contributed by atoms with van der Waals surface area (Å²) < 4.78 is 1.43. The first-order valence-electron chi connectivity index (χ1n) is 8.17. The van der Waals surface area contributed by atoms with Crippen LogP contribution < -0.4 is 10.9 Å². The number of nitrogens with zero attached hydrogens (tertiary/aromatic N) is 1. The molecule has 1 aromatic heterocycles. The van der Waals surface area contributed by atoms with Crippen LogP contribution in [0.2, 0.25) is 0 Å². The fourth-order valence-corrected chi connectivity index (χ4v) is 2.65. The van der Waals surface area contributed by atoms with Crippen molar-refractivity contribution in [2.24, 2.45) is 7.05 Å². The molecule has 0 bridgehead atoms. The number of carbonyl (C=O) groups is 1. The Bertz CT molecular complexity index is 928. The normalized spacial score (nSPS) is 11.8. The zero-order valence-corrected chi connectivity index (χ0v) is 14.3. The second-order valence-electron chi connectivity index (χ2n) is 6.05. The number of rotatable bonds is 4. The molecule has 0 aliphatic heterocycles. The van der Waals surface area contributed by atoms with Crippen LogP contribution in [0.15, 0.2) is 77.7 Å². The molecular formula is C21H20N2O2. The highest BCUT2D eigenvalue weighted by molar-refractivity contribution is 5.94. The zero-order valence-electron chi connectivity index (χ0n) is 14.3. The van der Waals surface area contributed by atoms with Crippen LogP contribution >= 0.6 is 0 Å². The molecule has 2 aromatic carbocycles. The summed E-state index contributed by atoms with van der Waals surface area (Å²) in [6.45, 7) is 1.93. The lowest BCUT2D eigenvalue weighted by atomic mass is 10.0. The highest BCUT2D eigenvalue weighted by atomic mass is 16.2. The SMILES string of the molecule is CC(NC(=O)c1ccn(C)c(=O)c1)c1ccc(-c2ccccc2)cc1. The number of pyridine rings is 1. The molecule has 1 amide bonds. The second-order valence-corrected chi connectivity index (χ2v) is 6.05. The van der Waals surface area contributed by atoms with Crippen LogP contribution in [0.1, 0.15) is 28.9 Å². The Morgan fingerprint density at radius 2 is 1.60 bits per heavy atom. The largest absolute Gasteiger partial charge is 0.346 e. The Balaban J connectivity index is 1.72. The van der Waals surface area contributed by atoms with Crippen molar-refractivity contribution >= 4 is 5.91 Å². The number of aryl methyl sites for hydroxylation is 1. The van der Waals surface area contributed by atoms with Gasteiger partial charge in [-0.15, -0.1) is 0 Å². The summed E-state index contributed by atoms with van der Waals surface area (Å²) in [7, 11) is 1.65. The number of hydrogen-bond donors (Lipinski definition) is 1. The first kappa shape index (κ1) is 16.7. The van der Waals surface area contributed by atoms with E-state index < -0.39 is 0 Å². The van der Waals surface area contributed by atoms with Gasteiger partial charge in [0.25, 0.3) is 11.5 Å². The number of nitrogens with one attached hydrogen (secondary N) is 1. The maximum Gasteiger partial charge on any atom is 0.252 e. The van der Waals surface area contributed by atoms with Crippen LogP contribution in [0.5, 0.6) is 0 Å². The molecule has 4 nitrogen and oxygen atoms in total. The Labute approximate surface area is 146 Å². The molecule has 4 heteroatoms. The molecule has 126 valence electrons. The van der Waals surface area contributed by atoms with Crippen LogP contribution in [0, 0.1) is 0 Å². The van der Waals surface area contributed by atoms with Gasteiger partial charge in [-0.1, -0.05) is 54.6 Å². The van der Waals surface area contributed by atoms with Gasteiger partial charge < -0.3 is 9.88 Å². The lowest BCUT2D eigenvalue weighted by Gasteiger charge is -2.15. The maximum atomic E-state index is 12.3. The number of aromatic nitrogens is 1. The molecule has 1 N–H and O–H groups in total. The van der Waals surface area contributed by atoms with Gasteiger partial charge in [0, 0.05) is 24.9 Å². The van der Waals surface area contributed by atoms with E-state index in [-0.39, 0.29) is 17.5 Å². The van der Waals surface area contributed by atoms with Crippen molar-refractivity contribution in [3.05, 3.63) is 94.4 Å². The number of hydrogen-bond acceptors (Lipinski definition) is 2. The summed E-state index contributed by atoms with van der Waals surface area (Å²) in [4.78, 5) is 24.0. The highest BCUT2D eigenvalue weighted by Gasteiger charge is 2.12. The van der Waals surface area contributed by atoms with E-state index >= 15 is 0 Å². The van der Waals surface area contributed by atoms with Crippen molar-refractivity contribution in [1.82, 2.24) is 9.88 Å². The van der Waals surface area contributed by atoms with Gasteiger partial charge >= 0.3 is 0 Å². The third kappa shape index (κ3) is 3.86. The molecule has 25 heavy (non-hydrogen) atoms. The minimum absolute atomic E-state index is 0.151. The molecule has 1 atom stereocenters. The predicted octanol–water partition coefficient (Wildman–Crippen LogP) is 3.54. The molecule has 0 saturated heterocycles. The van der Waals surface area contributed by atoms with Crippen LogP contribution in [-0.4, -0.2) is 10.5 Å².